The smallest absolute Gasteiger partial charge is 0.359 e. The van der Waals surface area contributed by atoms with Gasteiger partial charge in [0.2, 0.25) is 0 Å². The lowest BCUT2D eigenvalue weighted by Crippen LogP contribution is -2.39. The first-order chi connectivity index (χ1) is 13.9. The Morgan fingerprint density at radius 3 is 2.31 bits per heavy atom. The number of esters is 1. The maximum absolute atomic E-state index is 12.7. The normalized spacial score (nSPS) is 10.9. The van der Waals surface area contributed by atoms with Crippen LogP contribution in [0.15, 0.2) is 59.4 Å². The highest BCUT2D eigenvalue weighted by Crippen LogP contribution is 2.14. The number of carbonyl (C=O) groups is 2. The van der Waals surface area contributed by atoms with Crippen LogP contribution in [0, 0.1) is 0 Å². The minimum absolute atomic E-state index is 0.00894. The fourth-order valence-corrected chi connectivity index (χ4v) is 3.07. The van der Waals surface area contributed by atoms with Gasteiger partial charge in [0.1, 0.15) is 0 Å². The van der Waals surface area contributed by atoms with Gasteiger partial charge in [0.05, 0.1) is 5.39 Å². The lowest BCUT2D eigenvalue weighted by Gasteiger charge is -2.26. The van der Waals surface area contributed by atoms with Crippen molar-refractivity contribution in [3.05, 3.63) is 76.2 Å². The summed E-state index contributed by atoms with van der Waals surface area (Å²) in [5.41, 5.74) is 0.698. The van der Waals surface area contributed by atoms with Crippen LogP contribution in [-0.4, -0.2) is 39.2 Å². The molecule has 0 aliphatic heterocycles. The van der Waals surface area contributed by atoms with Gasteiger partial charge in [-0.15, -0.1) is 0 Å². The maximum atomic E-state index is 12.7. The van der Waals surface area contributed by atoms with Crippen molar-refractivity contribution in [1.82, 2.24) is 14.7 Å². The van der Waals surface area contributed by atoms with E-state index in [0.29, 0.717) is 17.3 Å². The van der Waals surface area contributed by atoms with E-state index in [2.05, 4.69) is 5.10 Å². The SMILES string of the molecule is CC(C)N(Cc1ccccc1)C(=O)COC(=O)c1nn(C)c(=O)c2ccccc12. The van der Waals surface area contributed by atoms with Gasteiger partial charge < -0.3 is 9.64 Å². The number of nitrogens with zero attached hydrogens (tertiary/aromatic N) is 3. The van der Waals surface area contributed by atoms with E-state index < -0.39 is 12.6 Å². The van der Waals surface area contributed by atoms with E-state index >= 15 is 0 Å². The molecule has 0 bridgehead atoms. The Labute approximate surface area is 168 Å². The lowest BCUT2D eigenvalue weighted by atomic mass is 10.1. The van der Waals surface area contributed by atoms with Gasteiger partial charge in [0.25, 0.3) is 11.5 Å². The largest absolute Gasteiger partial charge is 0.451 e. The molecule has 0 unspecified atom stereocenters. The van der Waals surface area contributed by atoms with Crippen molar-refractivity contribution in [2.45, 2.75) is 26.4 Å². The fourth-order valence-electron chi connectivity index (χ4n) is 3.07. The summed E-state index contributed by atoms with van der Waals surface area (Å²) < 4.78 is 6.35. The Kier molecular flexibility index (Phi) is 6.07. The van der Waals surface area contributed by atoms with E-state index in [9.17, 15) is 14.4 Å². The van der Waals surface area contributed by atoms with Crippen LogP contribution in [0.1, 0.15) is 29.9 Å². The molecule has 1 amide bonds. The second-order valence-corrected chi connectivity index (χ2v) is 7.00. The summed E-state index contributed by atoms with van der Waals surface area (Å²) in [6.45, 7) is 3.84. The molecule has 0 fully saturated rings. The molecule has 3 rings (SSSR count). The number of aromatic nitrogens is 2. The molecule has 7 nitrogen and oxygen atoms in total. The average molecular weight is 393 g/mol. The van der Waals surface area contributed by atoms with Crippen LogP contribution in [0.3, 0.4) is 0 Å². The molecule has 0 saturated heterocycles. The summed E-state index contributed by atoms with van der Waals surface area (Å²) in [5, 5.41) is 4.80. The molecule has 0 atom stereocenters. The third kappa shape index (κ3) is 4.51. The third-order valence-corrected chi connectivity index (χ3v) is 4.62. The van der Waals surface area contributed by atoms with E-state index in [1.54, 1.807) is 29.2 Å². The summed E-state index contributed by atoms with van der Waals surface area (Å²) in [6, 6.07) is 16.3. The van der Waals surface area contributed by atoms with Gasteiger partial charge in [0, 0.05) is 25.0 Å². The molecule has 0 saturated carbocycles. The standard InChI is InChI=1S/C22H23N3O4/c1-15(2)25(13-16-9-5-4-6-10-16)19(26)14-29-22(28)20-17-11-7-8-12-18(17)21(27)24(3)23-20/h4-12,15H,13-14H2,1-3H3. The molecule has 0 aliphatic carbocycles. The zero-order valence-electron chi connectivity index (χ0n) is 16.7. The summed E-state index contributed by atoms with van der Waals surface area (Å²) in [6.07, 6.45) is 0. The van der Waals surface area contributed by atoms with Crippen LogP contribution in [0.4, 0.5) is 0 Å². The van der Waals surface area contributed by atoms with Gasteiger partial charge in [-0.25, -0.2) is 9.48 Å². The Balaban J connectivity index is 1.76. The van der Waals surface area contributed by atoms with E-state index in [4.69, 9.17) is 4.74 Å². The number of aryl methyl sites for hydroxylation is 1. The zero-order valence-corrected chi connectivity index (χ0v) is 16.7. The predicted molar refractivity (Wildman–Crippen MR) is 109 cm³/mol. The van der Waals surface area contributed by atoms with Gasteiger partial charge in [-0.1, -0.05) is 48.5 Å². The van der Waals surface area contributed by atoms with Crippen LogP contribution >= 0.6 is 0 Å². The van der Waals surface area contributed by atoms with Crippen molar-refractivity contribution in [3.8, 4) is 0 Å². The molecule has 7 heteroatoms. The summed E-state index contributed by atoms with van der Waals surface area (Å²) in [5.74, 6) is -1.04. The minimum atomic E-state index is -0.742. The zero-order chi connectivity index (χ0) is 21.0. The third-order valence-electron chi connectivity index (χ3n) is 4.62. The van der Waals surface area contributed by atoms with Gasteiger partial charge in [-0.3, -0.25) is 9.59 Å². The number of benzene rings is 2. The average Bonchev–Trinajstić information content (AvgIpc) is 2.73. The quantitative estimate of drug-likeness (QED) is 0.601. The molecule has 0 N–H and O–H groups in total. The molecular formula is C22H23N3O4. The molecule has 29 heavy (non-hydrogen) atoms. The first-order valence-corrected chi connectivity index (χ1v) is 9.35. The van der Waals surface area contributed by atoms with Crippen molar-refractivity contribution in [3.63, 3.8) is 0 Å². The van der Waals surface area contributed by atoms with Crippen molar-refractivity contribution in [1.29, 1.82) is 0 Å². The summed E-state index contributed by atoms with van der Waals surface area (Å²) in [4.78, 5) is 39.1. The highest BCUT2D eigenvalue weighted by Gasteiger charge is 2.22. The van der Waals surface area contributed by atoms with Crippen molar-refractivity contribution in [2.75, 3.05) is 6.61 Å². The fraction of sp³-hybridized carbons (Fsp3) is 0.273. The van der Waals surface area contributed by atoms with E-state index in [0.717, 1.165) is 10.2 Å². The molecule has 0 radical (unpaired) electrons. The number of rotatable bonds is 6. The van der Waals surface area contributed by atoms with Crippen LogP contribution in [0.25, 0.3) is 10.8 Å². The van der Waals surface area contributed by atoms with Crippen LogP contribution in [-0.2, 0) is 23.1 Å². The van der Waals surface area contributed by atoms with Gasteiger partial charge >= 0.3 is 5.97 Å². The molecule has 150 valence electrons. The second-order valence-electron chi connectivity index (χ2n) is 7.00. The number of hydrogen-bond donors (Lipinski definition) is 0. The Hall–Kier alpha value is -3.48. The highest BCUT2D eigenvalue weighted by atomic mass is 16.5. The molecule has 1 aromatic heterocycles. The van der Waals surface area contributed by atoms with E-state index in [-0.39, 0.29) is 23.2 Å². The number of hydrogen-bond acceptors (Lipinski definition) is 5. The monoisotopic (exact) mass is 393 g/mol. The van der Waals surface area contributed by atoms with E-state index in [1.807, 2.05) is 44.2 Å². The lowest BCUT2D eigenvalue weighted by molar-refractivity contribution is -0.136. The topological polar surface area (TPSA) is 81.5 Å². The summed E-state index contributed by atoms with van der Waals surface area (Å²) in [7, 11) is 1.47. The first kappa shape index (κ1) is 20.3. The molecule has 0 spiro atoms. The van der Waals surface area contributed by atoms with Crippen LogP contribution < -0.4 is 5.56 Å². The Bertz CT molecular complexity index is 1090. The molecule has 0 aliphatic rings. The highest BCUT2D eigenvalue weighted by molar-refractivity contribution is 6.02. The molecule has 3 aromatic rings. The summed E-state index contributed by atoms with van der Waals surface area (Å²) >= 11 is 0. The molecular weight excluding hydrogens is 370 g/mol. The molecule has 1 heterocycles. The van der Waals surface area contributed by atoms with Gasteiger partial charge in [0.15, 0.2) is 12.3 Å². The maximum Gasteiger partial charge on any atom is 0.359 e. The number of ether oxygens (including phenoxy) is 1. The van der Waals surface area contributed by atoms with Crippen LogP contribution in [0.5, 0.6) is 0 Å². The Morgan fingerprint density at radius 1 is 1.03 bits per heavy atom. The van der Waals surface area contributed by atoms with Crippen LogP contribution in [0.2, 0.25) is 0 Å². The molecule has 2 aromatic carbocycles. The first-order valence-electron chi connectivity index (χ1n) is 9.35. The van der Waals surface area contributed by atoms with Crippen molar-refractivity contribution >= 4 is 22.6 Å². The van der Waals surface area contributed by atoms with E-state index in [1.165, 1.54) is 7.05 Å². The predicted octanol–water partition coefficient (Wildman–Crippen LogP) is 2.53. The number of amides is 1. The van der Waals surface area contributed by atoms with Gasteiger partial charge in [-0.05, 0) is 25.5 Å². The van der Waals surface area contributed by atoms with Gasteiger partial charge in [-0.2, -0.15) is 5.10 Å². The van der Waals surface area contributed by atoms with Crippen molar-refractivity contribution < 1.29 is 14.3 Å². The number of fused-ring (bicyclic) bond motifs is 1. The minimum Gasteiger partial charge on any atom is -0.451 e. The van der Waals surface area contributed by atoms with Crippen molar-refractivity contribution in [2.24, 2.45) is 7.05 Å². The number of carbonyl (C=O) groups excluding carboxylic acids is 2. The second kappa shape index (κ2) is 8.68. The Morgan fingerprint density at radius 2 is 1.66 bits per heavy atom.